The summed E-state index contributed by atoms with van der Waals surface area (Å²) in [7, 11) is 0. The van der Waals surface area contributed by atoms with Gasteiger partial charge in [0.15, 0.2) is 11.5 Å². The molecule has 2 aromatic carbocycles. The standard InChI is InChI=1S/C25H19N5O3/c31-25(30-19-5-6-22-23(10-19)33-8-7-32-22)16-3-1-15(2-4-16)17-9-20-21(18-12-28-29-13-18)14-27-24(20)26-11-17/h1-6,9-14H,7-8H2,(H,26,27)(H,28,29)(H,30,31). The summed E-state index contributed by atoms with van der Waals surface area (Å²) in [6, 6.07) is 14.9. The van der Waals surface area contributed by atoms with Crippen molar-refractivity contribution in [2.24, 2.45) is 0 Å². The van der Waals surface area contributed by atoms with Gasteiger partial charge < -0.3 is 19.8 Å². The Labute approximate surface area is 188 Å². The molecule has 1 aliphatic rings. The number of hydrogen-bond donors (Lipinski definition) is 3. The van der Waals surface area contributed by atoms with E-state index in [0.717, 1.165) is 33.3 Å². The number of aromatic amines is 2. The number of H-pyrrole nitrogens is 2. The van der Waals surface area contributed by atoms with Crippen LogP contribution in [0.5, 0.6) is 11.5 Å². The Kier molecular flexibility index (Phi) is 4.54. The Morgan fingerprint density at radius 2 is 1.73 bits per heavy atom. The normalized spacial score (nSPS) is 12.6. The number of benzene rings is 2. The molecule has 162 valence electrons. The molecule has 5 aromatic rings. The van der Waals surface area contributed by atoms with Gasteiger partial charge in [0.05, 0.1) is 6.20 Å². The van der Waals surface area contributed by atoms with Gasteiger partial charge in [0.1, 0.15) is 18.9 Å². The highest BCUT2D eigenvalue weighted by atomic mass is 16.6. The lowest BCUT2D eigenvalue weighted by Gasteiger charge is -2.19. The second-order valence-corrected chi connectivity index (χ2v) is 7.70. The molecule has 1 amide bonds. The topological polar surface area (TPSA) is 105 Å². The molecule has 0 atom stereocenters. The van der Waals surface area contributed by atoms with Crippen LogP contribution in [0.3, 0.4) is 0 Å². The molecule has 0 saturated heterocycles. The Morgan fingerprint density at radius 3 is 2.55 bits per heavy atom. The highest BCUT2D eigenvalue weighted by Crippen LogP contribution is 2.33. The van der Waals surface area contributed by atoms with E-state index in [2.05, 4.69) is 31.5 Å². The lowest BCUT2D eigenvalue weighted by atomic mass is 10.0. The zero-order valence-electron chi connectivity index (χ0n) is 17.5. The molecule has 0 aliphatic carbocycles. The van der Waals surface area contributed by atoms with Gasteiger partial charge in [-0.25, -0.2) is 4.98 Å². The van der Waals surface area contributed by atoms with E-state index < -0.39 is 0 Å². The van der Waals surface area contributed by atoms with E-state index in [9.17, 15) is 4.79 Å². The number of pyridine rings is 1. The van der Waals surface area contributed by atoms with Crippen molar-refractivity contribution in [2.45, 2.75) is 0 Å². The third kappa shape index (κ3) is 3.57. The SMILES string of the molecule is O=C(Nc1ccc2c(c1)OCCO2)c1ccc(-c2cnc3[nH]cc(-c4cn[nH]c4)c3c2)cc1. The van der Waals surface area contributed by atoms with Crippen LogP contribution in [-0.2, 0) is 0 Å². The number of ether oxygens (including phenoxy) is 2. The summed E-state index contributed by atoms with van der Waals surface area (Å²) < 4.78 is 11.1. The van der Waals surface area contributed by atoms with Crippen molar-refractivity contribution in [3.05, 3.63) is 78.9 Å². The molecule has 0 saturated carbocycles. The molecule has 0 fully saturated rings. The number of amides is 1. The van der Waals surface area contributed by atoms with Crippen molar-refractivity contribution < 1.29 is 14.3 Å². The van der Waals surface area contributed by atoms with E-state index in [1.54, 1.807) is 36.5 Å². The first-order valence-corrected chi connectivity index (χ1v) is 10.5. The molecule has 0 bridgehead atoms. The summed E-state index contributed by atoms with van der Waals surface area (Å²) in [5, 5.41) is 10.8. The average molecular weight is 437 g/mol. The molecule has 0 unspecified atom stereocenters. The van der Waals surface area contributed by atoms with Crippen LogP contribution in [0, 0.1) is 0 Å². The van der Waals surface area contributed by atoms with Crippen LogP contribution < -0.4 is 14.8 Å². The summed E-state index contributed by atoms with van der Waals surface area (Å²) >= 11 is 0. The predicted octanol–water partition coefficient (Wildman–Crippen LogP) is 4.64. The van der Waals surface area contributed by atoms with Crippen molar-refractivity contribution in [2.75, 3.05) is 18.5 Å². The van der Waals surface area contributed by atoms with Crippen molar-refractivity contribution in [1.82, 2.24) is 20.2 Å². The Bertz CT molecular complexity index is 1460. The molecule has 8 heteroatoms. The third-order valence-electron chi connectivity index (χ3n) is 5.62. The van der Waals surface area contributed by atoms with E-state index in [1.165, 1.54) is 0 Å². The van der Waals surface area contributed by atoms with Gasteiger partial charge in [0.25, 0.3) is 5.91 Å². The Morgan fingerprint density at radius 1 is 0.879 bits per heavy atom. The summed E-state index contributed by atoms with van der Waals surface area (Å²) in [6.07, 6.45) is 7.38. The number of fused-ring (bicyclic) bond motifs is 2. The minimum atomic E-state index is -0.195. The number of hydrogen-bond acceptors (Lipinski definition) is 5. The van der Waals surface area contributed by atoms with Gasteiger partial charge in [-0.05, 0) is 35.9 Å². The van der Waals surface area contributed by atoms with E-state index in [1.807, 2.05) is 30.7 Å². The molecule has 8 nitrogen and oxygen atoms in total. The summed E-state index contributed by atoms with van der Waals surface area (Å²) in [5.41, 5.74) is 5.98. The maximum atomic E-state index is 12.7. The van der Waals surface area contributed by atoms with Gasteiger partial charge in [-0.1, -0.05) is 12.1 Å². The van der Waals surface area contributed by atoms with Crippen molar-refractivity contribution in [3.8, 4) is 33.8 Å². The number of carbonyl (C=O) groups excluding carboxylic acids is 1. The smallest absolute Gasteiger partial charge is 0.255 e. The minimum Gasteiger partial charge on any atom is -0.486 e. The first-order valence-electron chi connectivity index (χ1n) is 10.5. The molecule has 1 aliphatic heterocycles. The van der Waals surface area contributed by atoms with Gasteiger partial charge in [-0.15, -0.1) is 0 Å². The molecule has 4 heterocycles. The van der Waals surface area contributed by atoms with Gasteiger partial charge in [-0.2, -0.15) is 5.10 Å². The molecule has 0 spiro atoms. The van der Waals surface area contributed by atoms with E-state index in [4.69, 9.17) is 9.47 Å². The van der Waals surface area contributed by atoms with Crippen molar-refractivity contribution in [1.29, 1.82) is 0 Å². The molecule has 0 radical (unpaired) electrons. The first kappa shape index (κ1) is 19.1. The molecule has 3 aromatic heterocycles. The maximum absolute atomic E-state index is 12.7. The number of carbonyl (C=O) groups is 1. The van der Waals surface area contributed by atoms with E-state index in [-0.39, 0.29) is 5.91 Å². The fourth-order valence-corrected chi connectivity index (χ4v) is 3.94. The fourth-order valence-electron chi connectivity index (χ4n) is 3.94. The van der Waals surface area contributed by atoms with Gasteiger partial charge in [-0.3, -0.25) is 9.89 Å². The van der Waals surface area contributed by atoms with Gasteiger partial charge >= 0.3 is 0 Å². The third-order valence-corrected chi connectivity index (χ3v) is 5.62. The number of rotatable bonds is 4. The lowest BCUT2D eigenvalue weighted by Crippen LogP contribution is -2.16. The number of nitrogens with zero attached hydrogens (tertiary/aromatic N) is 2. The summed E-state index contributed by atoms with van der Waals surface area (Å²) in [4.78, 5) is 20.5. The van der Waals surface area contributed by atoms with E-state index >= 15 is 0 Å². The molecule has 3 N–H and O–H groups in total. The first-order chi connectivity index (χ1) is 16.2. The second-order valence-electron chi connectivity index (χ2n) is 7.70. The Hall–Kier alpha value is -4.59. The monoisotopic (exact) mass is 437 g/mol. The fraction of sp³-hybridized carbons (Fsp3) is 0.0800. The van der Waals surface area contributed by atoms with Crippen LogP contribution in [0.2, 0.25) is 0 Å². The molecule has 6 rings (SSSR count). The highest BCUT2D eigenvalue weighted by molar-refractivity contribution is 6.04. The predicted molar refractivity (Wildman–Crippen MR) is 124 cm³/mol. The average Bonchev–Trinajstić information content (AvgIpc) is 3.53. The molecule has 33 heavy (non-hydrogen) atoms. The van der Waals surface area contributed by atoms with Crippen LogP contribution in [0.4, 0.5) is 5.69 Å². The van der Waals surface area contributed by atoms with E-state index in [0.29, 0.717) is 36.0 Å². The van der Waals surface area contributed by atoms with Crippen LogP contribution in [0.25, 0.3) is 33.3 Å². The minimum absolute atomic E-state index is 0.195. The van der Waals surface area contributed by atoms with Crippen LogP contribution in [-0.4, -0.2) is 39.3 Å². The highest BCUT2D eigenvalue weighted by Gasteiger charge is 2.14. The zero-order chi connectivity index (χ0) is 22.2. The number of anilines is 1. The van der Waals surface area contributed by atoms with Crippen LogP contribution in [0.1, 0.15) is 10.4 Å². The van der Waals surface area contributed by atoms with Gasteiger partial charge in [0, 0.05) is 58.0 Å². The van der Waals surface area contributed by atoms with Crippen molar-refractivity contribution in [3.63, 3.8) is 0 Å². The quantitative estimate of drug-likeness (QED) is 0.380. The number of aromatic nitrogens is 4. The summed E-state index contributed by atoms with van der Waals surface area (Å²) in [6.45, 7) is 1.03. The van der Waals surface area contributed by atoms with Gasteiger partial charge in [0.2, 0.25) is 0 Å². The van der Waals surface area contributed by atoms with Crippen molar-refractivity contribution >= 4 is 22.6 Å². The van der Waals surface area contributed by atoms with Crippen LogP contribution >= 0.6 is 0 Å². The van der Waals surface area contributed by atoms with Crippen LogP contribution in [0.15, 0.2) is 73.3 Å². The Balaban J connectivity index is 1.23. The number of nitrogens with one attached hydrogen (secondary N) is 3. The molecular formula is C25H19N5O3. The zero-order valence-corrected chi connectivity index (χ0v) is 17.5. The summed E-state index contributed by atoms with van der Waals surface area (Å²) in [5.74, 6) is 1.13. The molecular weight excluding hydrogens is 418 g/mol. The largest absolute Gasteiger partial charge is 0.486 e. The maximum Gasteiger partial charge on any atom is 0.255 e. The second kappa shape index (κ2) is 7.83. The lowest BCUT2D eigenvalue weighted by molar-refractivity contribution is 0.102.